The van der Waals surface area contributed by atoms with Crippen molar-refractivity contribution in [2.24, 2.45) is 0 Å². The number of carbonyl (C=O) groups is 1. The lowest BCUT2D eigenvalue weighted by atomic mass is 10.1. The molecule has 0 saturated carbocycles. The number of hydrogen-bond acceptors (Lipinski definition) is 3. The lowest BCUT2D eigenvalue weighted by Crippen LogP contribution is -2.25. The first-order valence-corrected chi connectivity index (χ1v) is 7.72. The maximum atomic E-state index is 12.1. The second-order valence-electron chi connectivity index (χ2n) is 5.19. The molecule has 0 bridgehead atoms. The zero-order valence-corrected chi connectivity index (χ0v) is 13.4. The molecule has 2 heterocycles. The topological polar surface area (TPSA) is 69.8 Å². The van der Waals surface area contributed by atoms with Crippen molar-refractivity contribution < 1.29 is 4.79 Å². The van der Waals surface area contributed by atoms with E-state index >= 15 is 0 Å². The average Bonchev–Trinajstić information content (AvgIpc) is 2.97. The van der Waals surface area contributed by atoms with E-state index in [1.54, 1.807) is 25.4 Å². The number of hydrogen-bond donors (Lipinski definition) is 3. The third-order valence-corrected chi connectivity index (χ3v) is 3.93. The second-order valence-corrected chi connectivity index (χ2v) is 5.63. The van der Waals surface area contributed by atoms with Crippen molar-refractivity contribution in [3.8, 4) is 0 Å². The molecule has 0 saturated heterocycles. The molecule has 3 aromatic rings. The summed E-state index contributed by atoms with van der Waals surface area (Å²) < 4.78 is 0. The number of nitrogens with zero attached hydrogens (tertiary/aromatic N) is 1. The summed E-state index contributed by atoms with van der Waals surface area (Å²) >= 11 is 5.98. The Morgan fingerprint density at radius 3 is 2.91 bits per heavy atom. The number of aromatic nitrogens is 2. The van der Waals surface area contributed by atoms with Crippen LogP contribution in [0.5, 0.6) is 0 Å². The van der Waals surface area contributed by atoms with E-state index in [9.17, 15) is 4.79 Å². The number of halogens is 1. The predicted octanol–water partition coefficient (Wildman–Crippen LogP) is 3.23. The van der Waals surface area contributed by atoms with Crippen LogP contribution in [0.15, 0.2) is 42.7 Å². The first-order chi connectivity index (χ1) is 11.2. The van der Waals surface area contributed by atoms with Gasteiger partial charge in [-0.2, -0.15) is 0 Å². The van der Waals surface area contributed by atoms with Gasteiger partial charge in [-0.25, -0.2) is 4.98 Å². The van der Waals surface area contributed by atoms with Gasteiger partial charge in [-0.1, -0.05) is 17.7 Å². The van der Waals surface area contributed by atoms with Crippen LogP contribution < -0.4 is 10.6 Å². The molecule has 6 heteroatoms. The van der Waals surface area contributed by atoms with Crippen molar-refractivity contribution in [3.05, 3.63) is 58.9 Å². The molecule has 0 atom stereocenters. The fraction of sp³-hybridized carbons (Fsp3) is 0.176. The molecule has 3 rings (SSSR count). The van der Waals surface area contributed by atoms with Crippen molar-refractivity contribution in [2.45, 2.75) is 6.42 Å². The fourth-order valence-electron chi connectivity index (χ4n) is 2.45. The van der Waals surface area contributed by atoms with Gasteiger partial charge in [0.2, 0.25) is 0 Å². The molecule has 0 spiro atoms. The van der Waals surface area contributed by atoms with Crippen molar-refractivity contribution in [1.29, 1.82) is 0 Å². The number of carbonyl (C=O) groups excluding carboxylic acids is 1. The first kappa shape index (κ1) is 15.4. The summed E-state index contributed by atoms with van der Waals surface area (Å²) in [6.07, 6.45) is 4.26. The van der Waals surface area contributed by atoms with Crippen LogP contribution in [0.1, 0.15) is 15.9 Å². The van der Waals surface area contributed by atoms with E-state index in [1.807, 2.05) is 24.4 Å². The molecule has 0 radical (unpaired) electrons. The Morgan fingerprint density at radius 2 is 2.17 bits per heavy atom. The highest BCUT2D eigenvalue weighted by Gasteiger charge is 2.07. The van der Waals surface area contributed by atoms with Crippen molar-refractivity contribution in [3.63, 3.8) is 0 Å². The van der Waals surface area contributed by atoms with Crippen LogP contribution in [0.4, 0.5) is 5.82 Å². The smallest absolute Gasteiger partial charge is 0.252 e. The Hall–Kier alpha value is -2.53. The molecular formula is C17H17ClN4O. The van der Waals surface area contributed by atoms with Crippen LogP contribution in [0.3, 0.4) is 0 Å². The van der Waals surface area contributed by atoms with Gasteiger partial charge in [0.25, 0.3) is 5.91 Å². The highest BCUT2D eigenvalue weighted by molar-refractivity contribution is 6.31. The molecule has 5 nitrogen and oxygen atoms in total. The molecule has 0 aliphatic heterocycles. The summed E-state index contributed by atoms with van der Waals surface area (Å²) in [5.74, 6) is 0.613. The number of H-pyrrole nitrogens is 1. The Bertz CT molecular complexity index is 826. The van der Waals surface area contributed by atoms with Crippen LogP contribution in [0.25, 0.3) is 10.9 Å². The number of benzene rings is 1. The van der Waals surface area contributed by atoms with E-state index in [-0.39, 0.29) is 5.91 Å². The minimum atomic E-state index is -0.122. The SMILES string of the molecule is CNc1ccc(C(=O)NCCc2c[nH]c3cc(Cl)ccc23)cn1. The van der Waals surface area contributed by atoms with E-state index in [0.29, 0.717) is 17.1 Å². The Morgan fingerprint density at radius 1 is 1.30 bits per heavy atom. The number of rotatable bonds is 5. The van der Waals surface area contributed by atoms with Gasteiger partial charge in [0.15, 0.2) is 0 Å². The van der Waals surface area contributed by atoms with Crippen LogP contribution in [-0.2, 0) is 6.42 Å². The monoisotopic (exact) mass is 328 g/mol. The second kappa shape index (κ2) is 6.71. The van der Waals surface area contributed by atoms with Gasteiger partial charge >= 0.3 is 0 Å². The molecule has 0 unspecified atom stereocenters. The minimum absolute atomic E-state index is 0.122. The summed E-state index contributed by atoms with van der Waals surface area (Å²) in [5, 5.41) is 7.67. The van der Waals surface area contributed by atoms with E-state index in [1.165, 1.54) is 0 Å². The summed E-state index contributed by atoms with van der Waals surface area (Å²) in [7, 11) is 1.79. The highest BCUT2D eigenvalue weighted by Crippen LogP contribution is 2.22. The minimum Gasteiger partial charge on any atom is -0.373 e. The molecule has 118 valence electrons. The van der Waals surface area contributed by atoms with E-state index < -0.39 is 0 Å². The van der Waals surface area contributed by atoms with Crippen molar-refractivity contribution >= 4 is 34.2 Å². The Labute approximate surface area is 139 Å². The number of anilines is 1. The normalized spacial score (nSPS) is 10.7. The van der Waals surface area contributed by atoms with Crippen LogP contribution >= 0.6 is 11.6 Å². The quantitative estimate of drug-likeness (QED) is 0.673. The Balaban J connectivity index is 1.60. The standard InChI is InChI=1S/C17H17ClN4O/c1-19-16-5-2-12(10-22-16)17(23)20-7-6-11-9-21-15-8-13(18)3-4-14(11)15/h2-5,8-10,21H,6-7H2,1H3,(H,19,22)(H,20,23). The van der Waals surface area contributed by atoms with Gasteiger partial charge in [0, 0.05) is 41.9 Å². The van der Waals surface area contributed by atoms with Crippen molar-refractivity contribution in [1.82, 2.24) is 15.3 Å². The predicted molar refractivity (Wildman–Crippen MR) is 93.1 cm³/mol. The van der Waals surface area contributed by atoms with Crippen LogP contribution in [0, 0.1) is 0 Å². The van der Waals surface area contributed by atoms with E-state index in [0.717, 1.165) is 28.7 Å². The third-order valence-electron chi connectivity index (χ3n) is 3.69. The highest BCUT2D eigenvalue weighted by atomic mass is 35.5. The van der Waals surface area contributed by atoms with Gasteiger partial charge in [-0.15, -0.1) is 0 Å². The molecule has 0 aliphatic carbocycles. The third kappa shape index (κ3) is 3.46. The number of aromatic amines is 1. The molecular weight excluding hydrogens is 312 g/mol. The largest absolute Gasteiger partial charge is 0.373 e. The molecule has 1 aromatic carbocycles. The zero-order valence-electron chi connectivity index (χ0n) is 12.7. The molecule has 1 amide bonds. The van der Waals surface area contributed by atoms with Gasteiger partial charge in [0.1, 0.15) is 5.82 Å². The lowest BCUT2D eigenvalue weighted by Gasteiger charge is -2.05. The molecule has 2 aromatic heterocycles. The van der Waals surface area contributed by atoms with Crippen LogP contribution in [-0.4, -0.2) is 29.5 Å². The van der Waals surface area contributed by atoms with Crippen LogP contribution in [0.2, 0.25) is 5.02 Å². The summed E-state index contributed by atoms with van der Waals surface area (Å²) in [4.78, 5) is 19.4. The first-order valence-electron chi connectivity index (χ1n) is 7.35. The summed E-state index contributed by atoms with van der Waals surface area (Å²) in [6, 6.07) is 9.29. The van der Waals surface area contributed by atoms with Crippen molar-refractivity contribution in [2.75, 3.05) is 18.9 Å². The van der Waals surface area contributed by atoms with Gasteiger partial charge in [-0.3, -0.25) is 4.79 Å². The summed E-state index contributed by atoms with van der Waals surface area (Å²) in [6.45, 7) is 0.558. The summed E-state index contributed by atoms with van der Waals surface area (Å²) in [5.41, 5.74) is 2.71. The van der Waals surface area contributed by atoms with Gasteiger partial charge in [-0.05, 0) is 36.2 Å². The van der Waals surface area contributed by atoms with Gasteiger partial charge < -0.3 is 15.6 Å². The molecule has 3 N–H and O–H groups in total. The number of nitrogens with one attached hydrogen (secondary N) is 3. The van der Waals surface area contributed by atoms with E-state index in [4.69, 9.17) is 11.6 Å². The molecule has 0 fully saturated rings. The Kier molecular flexibility index (Phi) is 4.48. The number of fused-ring (bicyclic) bond motifs is 1. The maximum absolute atomic E-state index is 12.1. The molecule has 0 aliphatic rings. The molecule has 23 heavy (non-hydrogen) atoms. The number of amides is 1. The van der Waals surface area contributed by atoms with E-state index in [2.05, 4.69) is 20.6 Å². The maximum Gasteiger partial charge on any atom is 0.252 e. The average molecular weight is 329 g/mol. The lowest BCUT2D eigenvalue weighted by molar-refractivity contribution is 0.0954. The number of pyridine rings is 1. The zero-order chi connectivity index (χ0) is 16.2. The van der Waals surface area contributed by atoms with Gasteiger partial charge in [0.05, 0.1) is 5.56 Å². The fourth-order valence-corrected chi connectivity index (χ4v) is 2.63.